The monoisotopic (exact) mass is 656 g/mol. The van der Waals surface area contributed by atoms with Crippen molar-refractivity contribution in [1.29, 1.82) is 0 Å². The predicted molar refractivity (Wildman–Crippen MR) is 169 cm³/mol. The van der Waals surface area contributed by atoms with Crippen LogP contribution in [0.3, 0.4) is 0 Å². The summed E-state index contributed by atoms with van der Waals surface area (Å²) in [6.07, 6.45) is -5.79. The van der Waals surface area contributed by atoms with Gasteiger partial charge in [-0.2, -0.15) is 36.6 Å². The average Bonchev–Trinajstić information content (AvgIpc) is 3.08. The molecule has 48 heavy (non-hydrogen) atoms. The van der Waals surface area contributed by atoms with Gasteiger partial charge in [0.05, 0.1) is 33.9 Å². The van der Waals surface area contributed by atoms with Crippen molar-refractivity contribution in [3.8, 4) is 22.5 Å². The highest BCUT2D eigenvalue weighted by Crippen LogP contribution is 2.32. The van der Waals surface area contributed by atoms with Crippen molar-refractivity contribution in [3.05, 3.63) is 133 Å². The number of hydrogen-bond acceptors (Lipinski definition) is 8. The third kappa shape index (κ3) is 7.96. The van der Waals surface area contributed by atoms with Crippen LogP contribution in [0.1, 0.15) is 11.1 Å². The van der Waals surface area contributed by atoms with Crippen molar-refractivity contribution in [2.45, 2.75) is 12.4 Å². The van der Waals surface area contributed by atoms with Gasteiger partial charge >= 0.3 is 12.4 Å². The fraction of sp³-hybridized carbons (Fsp3) is 0.0588. The second-order valence-electron chi connectivity index (χ2n) is 10.2. The van der Waals surface area contributed by atoms with E-state index in [1.54, 1.807) is 48.5 Å². The summed E-state index contributed by atoms with van der Waals surface area (Å²) in [6.45, 7) is 0. The molecule has 2 N–H and O–H groups in total. The Balaban J connectivity index is 1.14. The predicted octanol–water partition coefficient (Wildman–Crippen LogP) is 10.5. The molecule has 0 bridgehead atoms. The first kappa shape index (κ1) is 31.8. The van der Waals surface area contributed by atoms with Gasteiger partial charge in [-0.1, -0.05) is 24.3 Å². The van der Waals surface area contributed by atoms with Gasteiger partial charge in [0.15, 0.2) is 0 Å². The molecule has 6 aromatic rings. The van der Waals surface area contributed by atoms with E-state index >= 15 is 0 Å². The van der Waals surface area contributed by atoms with Crippen LogP contribution < -0.4 is 10.6 Å². The minimum Gasteiger partial charge on any atom is -0.324 e. The van der Waals surface area contributed by atoms with Crippen LogP contribution in [-0.4, -0.2) is 19.9 Å². The summed E-state index contributed by atoms with van der Waals surface area (Å²) in [5, 5.41) is 14.6. The van der Waals surface area contributed by atoms with E-state index in [2.05, 4.69) is 40.8 Å². The SMILES string of the molecule is FC(F)(F)c1ccc(Nc2nccc(-c3cccc(/N=N/c4cccc(-c5ccnc(Nc6ccc(C(F)(F)F)cc6)n5)c4)c3)n2)cc1. The van der Waals surface area contributed by atoms with Crippen molar-refractivity contribution in [2.75, 3.05) is 10.6 Å². The summed E-state index contributed by atoms with van der Waals surface area (Å²) in [6, 6.07) is 26.8. The standard InChI is InChI=1S/C34H22F6N8/c35-33(36,37)23-7-11-25(12-8-23)43-31-41-17-15-29(45-31)21-3-1-5-27(19-21)47-48-28-6-2-4-22(20-28)30-16-18-42-32(46-30)44-26-13-9-24(10-14-26)34(38,39)40/h1-20H,(H,41,43,45)(H,42,44,46)/b48-47+. The van der Waals surface area contributed by atoms with Crippen LogP contribution in [0, 0.1) is 0 Å². The van der Waals surface area contributed by atoms with Crippen LogP contribution in [-0.2, 0) is 12.4 Å². The van der Waals surface area contributed by atoms with E-state index < -0.39 is 23.5 Å². The topological polar surface area (TPSA) is 100 Å². The van der Waals surface area contributed by atoms with E-state index in [1.807, 2.05) is 12.1 Å². The summed E-state index contributed by atoms with van der Waals surface area (Å²) >= 11 is 0. The molecule has 0 aliphatic heterocycles. The minimum absolute atomic E-state index is 0.207. The van der Waals surface area contributed by atoms with Crippen LogP contribution in [0.15, 0.2) is 132 Å². The Kier molecular flexibility index (Phi) is 8.79. The number of hydrogen-bond donors (Lipinski definition) is 2. The molecule has 2 aromatic heterocycles. The highest BCUT2D eigenvalue weighted by Gasteiger charge is 2.30. The zero-order valence-electron chi connectivity index (χ0n) is 24.5. The molecule has 14 heteroatoms. The van der Waals surface area contributed by atoms with Gasteiger partial charge in [-0.3, -0.25) is 0 Å². The van der Waals surface area contributed by atoms with Gasteiger partial charge in [0.2, 0.25) is 11.9 Å². The Morgan fingerprint density at radius 3 is 1.25 bits per heavy atom. The second kappa shape index (κ2) is 13.3. The Labute approximate surface area is 269 Å². The molecule has 0 amide bonds. The number of nitrogens with one attached hydrogen (secondary N) is 2. The fourth-order valence-corrected chi connectivity index (χ4v) is 4.47. The lowest BCUT2D eigenvalue weighted by molar-refractivity contribution is -0.138. The number of aromatic nitrogens is 4. The summed E-state index contributed by atoms with van der Waals surface area (Å²) < 4.78 is 77.3. The van der Waals surface area contributed by atoms with E-state index in [-0.39, 0.29) is 11.9 Å². The molecule has 0 aliphatic rings. The van der Waals surface area contributed by atoms with Gasteiger partial charge in [-0.25, -0.2) is 19.9 Å². The summed E-state index contributed by atoms with van der Waals surface area (Å²) in [4.78, 5) is 17.3. The van der Waals surface area contributed by atoms with Crippen LogP contribution in [0.25, 0.3) is 22.5 Å². The Morgan fingerprint density at radius 1 is 0.479 bits per heavy atom. The van der Waals surface area contributed by atoms with E-state index in [0.717, 1.165) is 24.3 Å². The Morgan fingerprint density at radius 2 is 0.875 bits per heavy atom. The third-order valence-electron chi connectivity index (χ3n) is 6.81. The van der Waals surface area contributed by atoms with Gasteiger partial charge in [-0.05, 0) is 84.9 Å². The lowest BCUT2D eigenvalue weighted by Crippen LogP contribution is -2.04. The van der Waals surface area contributed by atoms with Crippen molar-refractivity contribution < 1.29 is 26.3 Å². The number of halogens is 6. The van der Waals surface area contributed by atoms with Gasteiger partial charge < -0.3 is 10.6 Å². The number of benzene rings is 4. The summed E-state index contributed by atoms with van der Waals surface area (Å²) in [7, 11) is 0. The quantitative estimate of drug-likeness (QED) is 0.125. The molecule has 6 rings (SSSR count). The number of rotatable bonds is 8. The molecule has 0 fully saturated rings. The Bertz CT molecular complexity index is 1910. The molecular formula is C34H22F6N8. The summed E-state index contributed by atoms with van der Waals surface area (Å²) in [5.41, 5.74) is 2.92. The molecule has 0 spiro atoms. The molecule has 0 aliphatic carbocycles. The van der Waals surface area contributed by atoms with Crippen LogP contribution in [0.5, 0.6) is 0 Å². The molecule has 8 nitrogen and oxygen atoms in total. The van der Waals surface area contributed by atoms with Gasteiger partial charge in [0.25, 0.3) is 0 Å². The van der Waals surface area contributed by atoms with Crippen molar-refractivity contribution in [1.82, 2.24) is 19.9 Å². The highest BCUT2D eigenvalue weighted by molar-refractivity contribution is 5.67. The fourth-order valence-electron chi connectivity index (χ4n) is 4.47. The number of alkyl halides is 6. The Hall–Kier alpha value is -6.18. The molecule has 0 saturated heterocycles. The van der Waals surface area contributed by atoms with Crippen molar-refractivity contribution in [2.24, 2.45) is 10.2 Å². The number of nitrogens with zero attached hydrogens (tertiary/aromatic N) is 6. The zero-order chi connectivity index (χ0) is 33.7. The molecule has 2 heterocycles. The average molecular weight is 657 g/mol. The van der Waals surface area contributed by atoms with Crippen LogP contribution in [0.2, 0.25) is 0 Å². The largest absolute Gasteiger partial charge is 0.416 e. The molecule has 0 radical (unpaired) electrons. The normalized spacial score (nSPS) is 11.9. The minimum atomic E-state index is -4.43. The van der Waals surface area contributed by atoms with Gasteiger partial charge in [0, 0.05) is 34.9 Å². The maximum atomic E-state index is 12.9. The molecular weight excluding hydrogens is 634 g/mol. The van der Waals surface area contributed by atoms with Gasteiger partial charge in [-0.15, -0.1) is 0 Å². The molecule has 240 valence electrons. The smallest absolute Gasteiger partial charge is 0.324 e. The van der Waals surface area contributed by atoms with E-state index in [4.69, 9.17) is 0 Å². The number of azo groups is 1. The third-order valence-corrected chi connectivity index (χ3v) is 6.81. The van der Waals surface area contributed by atoms with E-state index in [9.17, 15) is 26.3 Å². The molecule has 0 atom stereocenters. The maximum Gasteiger partial charge on any atom is 0.416 e. The van der Waals surface area contributed by atoms with Gasteiger partial charge in [0.1, 0.15) is 0 Å². The van der Waals surface area contributed by atoms with Crippen molar-refractivity contribution in [3.63, 3.8) is 0 Å². The first-order valence-corrected chi connectivity index (χ1v) is 14.2. The van der Waals surface area contributed by atoms with E-state index in [0.29, 0.717) is 45.3 Å². The van der Waals surface area contributed by atoms with E-state index in [1.165, 1.54) is 36.7 Å². The maximum absolute atomic E-state index is 12.9. The molecule has 0 unspecified atom stereocenters. The first-order chi connectivity index (χ1) is 23.0. The lowest BCUT2D eigenvalue weighted by atomic mass is 10.1. The first-order valence-electron chi connectivity index (χ1n) is 14.2. The molecule has 4 aromatic carbocycles. The lowest BCUT2D eigenvalue weighted by Gasteiger charge is -2.09. The van der Waals surface area contributed by atoms with Crippen molar-refractivity contribution >= 4 is 34.6 Å². The molecule has 0 saturated carbocycles. The number of anilines is 4. The highest BCUT2D eigenvalue weighted by atomic mass is 19.4. The summed E-state index contributed by atoms with van der Waals surface area (Å²) in [5.74, 6) is 0.414. The zero-order valence-corrected chi connectivity index (χ0v) is 24.5. The van der Waals surface area contributed by atoms with Crippen LogP contribution >= 0.6 is 0 Å². The van der Waals surface area contributed by atoms with Crippen LogP contribution in [0.4, 0.5) is 61.0 Å². The second-order valence-corrected chi connectivity index (χ2v) is 10.2.